The molecule has 10 heteroatoms. The number of esters is 4. The molecule has 0 aromatic heterocycles. The number of hydrogen-bond donors (Lipinski definition) is 2. The highest BCUT2D eigenvalue weighted by atomic mass is 16.7. The highest BCUT2D eigenvalue weighted by molar-refractivity contribution is 5.99. The standard InChI is InChI=1S/C36H22O10/c37-31(21-11-17-27-29(19-21)35(41,45-33(27)39)23-7-3-1-4-8-23)43-25-13-15-26(16-14-25)44-32(38)22-12-18-28-30(20-22)36(42,46-34(28)40)24-9-5-2-6-10-24/h1-20,41-42H. The van der Waals surface area contributed by atoms with Crippen LogP contribution in [-0.4, -0.2) is 34.1 Å². The summed E-state index contributed by atoms with van der Waals surface area (Å²) in [5.74, 6) is -6.81. The molecule has 0 amide bonds. The summed E-state index contributed by atoms with van der Waals surface area (Å²) in [6.45, 7) is 0. The van der Waals surface area contributed by atoms with Crippen molar-refractivity contribution in [1.82, 2.24) is 0 Å². The molecular formula is C36H22O10. The van der Waals surface area contributed by atoms with Gasteiger partial charge in [0.05, 0.1) is 22.3 Å². The van der Waals surface area contributed by atoms with Gasteiger partial charge in [0, 0.05) is 22.3 Å². The molecule has 0 spiro atoms. The van der Waals surface area contributed by atoms with Crippen molar-refractivity contribution in [2.24, 2.45) is 0 Å². The maximum absolute atomic E-state index is 13.0. The van der Waals surface area contributed by atoms with Gasteiger partial charge in [-0.3, -0.25) is 0 Å². The Labute approximate surface area is 261 Å². The van der Waals surface area contributed by atoms with Gasteiger partial charge in [0.2, 0.25) is 0 Å². The van der Waals surface area contributed by atoms with Gasteiger partial charge in [0.1, 0.15) is 11.5 Å². The zero-order valence-corrected chi connectivity index (χ0v) is 23.7. The van der Waals surface area contributed by atoms with Crippen molar-refractivity contribution in [3.05, 3.63) is 166 Å². The van der Waals surface area contributed by atoms with E-state index >= 15 is 0 Å². The van der Waals surface area contributed by atoms with Crippen LogP contribution in [0.3, 0.4) is 0 Å². The van der Waals surface area contributed by atoms with Crippen LogP contribution < -0.4 is 9.47 Å². The van der Waals surface area contributed by atoms with E-state index in [9.17, 15) is 29.4 Å². The van der Waals surface area contributed by atoms with E-state index < -0.39 is 35.5 Å². The molecule has 10 nitrogen and oxygen atoms in total. The Morgan fingerprint density at radius 3 is 1.26 bits per heavy atom. The number of fused-ring (bicyclic) bond motifs is 2. The minimum absolute atomic E-state index is 0.0662. The molecule has 2 unspecified atom stereocenters. The van der Waals surface area contributed by atoms with E-state index in [1.54, 1.807) is 60.7 Å². The van der Waals surface area contributed by atoms with Crippen molar-refractivity contribution in [2.45, 2.75) is 11.6 Å². The number of hydrogen-bond acceptors (Lipinski definition) is 10. The van der Waals surface area contributed by atoms with Crippen LogP contribution in [0.1, 0.15) is 63.7 Å². The average Bonchev–Trinajstić information content (AvgIpc) is 3.51. The van der Waals surface area contributed by atoms with Crippen molar-refractivity contribution in [3.8, 4) is 11.5 Å². The summed E-state index contributed by atoms with van der Waals surface area (Å²) in [7, 11) is 0. The Kier molecular flexibility index (Phi) is 6.73. The highest BCUT2D eigenvalue weighted by Crippen LogP contribution is 2.41. The molecule has 0 bridgehead atoms. The zero-order valence-electron chi connectivity index (χ0n) is 23.7. The van der Waals surface area contributed by atoms with Gasteiger partial charge in [-0.25, -0.2) is 19.2 Å². The van der Waals surface area contributed by atoms with E-state index in [4.69, 9.17) is 18.9 Å². The van der Waals surface area contributed by atoms with E-state index in [0.717, 1.165) is 0 Å². The molecule has 0 radical (unpaired) electrons. The first-order chi connectivity index (χ1) is 22.2. The smallest absolute Gasteiger partial charge is 0.343 e. The molecule has 2 heterocycles. The molecule has 5 aromatic rings. The molecule has 2 atom stereocenters. The molecule has 0 saturated heterocycles. The summed E-state index contributed by atoms with van der Waals surface area (Å²) >= 11 is 0. The first kappa shape index (κ1) is 28.7. The quantitative estimate of drug-likeness (QED) is 0.201. The van der Waals surface area contributed by atoms with E-state index in [-0.39, 0.29) is 44.9 Å². The van der Waals surface area contributed by atoms with Gasteiger partial charge in [-0.05, 0) is 60.7 Å². The Balaban J connectivity index is 1.06. The van der Waals surface area contributed by atoms with Gasteiger partial charge in [0.15, 0.2) is 0 Å². The normalized spacial score (nSPS) is 19.4. The number of carbonyl (C=O) groups excluding carboxylic acids is 4. The minimum Gasteiger partial charge on any atom is -0.423 e. The van der Waals surface area contributed by atoms with Crippen molar-refractivity contribution in [3.63, 3.8) is 0 Å². The SMILES string of the molecule is O=C(Oc1ccc(OC(=O)c2ccc3c(c2)C(O)(c2ccccc2)OC3=O)cc1)c1ccc2c(c1)C(O)(c1ccccc1)OC2=O. The molecular weight excluding hydrogens is 592 g/mol. The monoisotopic (exact) mass is 614 g/mol. The van der Waals surface area contributed by atoms with Gasteiger partial charge < -0.3 is 29.2 Å². The second-order valence-corrected chi connectivity index (χ2v) is 10.6. The average molecular weight is 615 g/mol. The summed E-state index contributed by atoms with van der Waals surface area (Å²) in [4.78, 5) is 50.8. The van der Waals surface area contributed by atoms with Crippen LogP contribution in [0, 0.1) is 0 Å². The summed E-state index contributed by atoms with van der Waals surface area (Å²) < 4.78 is 21.5. The lowest BCUT2D eigenvalue weighted by Crippen LogP contribution is -2.27. The van der Waals surface area contributed by atoms with Crippen LogP contribution in [-0.2, 0) is 21.0 Å². The van der Waals surface area contributed by atoms with Gasteiger partial charge in [0.25, 0.3) is 11.6 Å². The first-order valence-electron chi connectivity index (χ1n) is 14.0. The Morgan fingerprint density at radius 2 is 0.891 bits per heavy atom. The van der Waals surface area contributed by atoms with Crippen LogP contribution >= 0.6 is 0 Å². The topological polar surface area (TPSA) is 146 Å². The molecule has 5 aromatic carbocycles. The number of carbonyl (C=O) groups is 4. The lowest BCUT2D eigenvalue weighted by molar-refractivity contribution is -0.130. The van der Waals surface area contributed by atoms with Crippen LogP contribution in [0.4, 0.5) is 0 Å². The van der Waals surface area contributed by atoms with E-state index in [0.29, 0.717) is 11.1 Å². The largest absolute Gasteiger partial charge is 0.423 e. The van der Waals surface area contributed by atoms with Gasteiger partial charge in [-0.2, -0.15) is 0 Å². The predicted octanol–water partition coefficient (Wildman–Crippen LogP) is 4.85. The molecule has 2 aliphatic heterocycles. The molecule has 0 fully saturated rings. The lowest BCUT2D eigenvalue weighted by atomic mass is 9.94. The van der Waals surface area contributed by atoms with Crippen molar-refractivity contribution < 1.29 is 48.3 Å². The number of benzene rings is 5. The van der Waals surface area contributed by atoms with Crippen LogP contribution in [0.15, 0.2) is 121 Å². The summed E-state index contributed by atoms with van der Waals surface area (Å²) in [5.41, 5.74) is 1.27. The summed E-state index contributed by atoms with van der Waals surface area (Å²) in [6.07, 6.45) is 0. The van der Waals surface area contributed by atoms with Crippen molar-refractivity contribution >= 4 is 23.9 Å². The minimum atomic E-state index is -2.06. The van der Waals surface area contributed by atoms with Crippen LogP contribution in [0.5, 0.6) is 11.5 Å². The second kappa shape index (κ2) is 10.8. The zero-order chi connectivity index (χ0) is 32.1. The van der Waals surface area contributed by atoms with Gasteiger partial charge in [-0.1, -0.05) is 60.7 Å². The van der Waals surface area contributed by atoms with Crippen LogP contribution in [0.25, 0.3) is 0 Å². The Bertz CT molecular complexity index is 1890. The third kappa shape index (κ3) is 4.78. The molecule has 7 rings (SSSR count). The molecule has 0 aliphatic carbocycles. The summed E-state index contributed by atoms with van der Waals surface area (Å²) in [5, 5.41) is 22.5. The first-order valence-corrected chi connectivity index (χ1v) is 14.0. The fraction of sp³-hybridized carbons (Fsp3) is 0.0556. The van der Waals surface area contributed by atoms with E-state index in [1.165, 1.54) is 60.7 Å². The number of cyclic esters (lactones) is 2. The maximum Gasteiger partial charge on any atom is 0.343 e. The van der Waals surface area contributed by atoms with Crippen LogP contribution in [0.2, 0.25) is 0 Å². The molecule has 2 aliphatic rings. The van der Waals surface area contributed by atoms with Crippen molar-refractivity contribution in [2.75, 3.05) is 0 Å². The maximum atomic E-state index is 13.0. The molecule has 226 valence electrons. The molecule has 46 heavy (non-hydrogen) atoms. The fourth-order valence-electron chi connectivity index (χ4n) is 5.41. The number of ether oxygens (including phenoxy) is 4. The van der Waals surface area contributed by atoms with E-state index in [2.05, 4.69) is 0 Å². The van der Waals surface area contributed by atoms with Crippen molar-refractivity contribution in [1.29, 1.82) is 0 Å². The third-order valence-corrected chi connectivity index (χ3v) is 7.74. The van der Waals surface area contributed by atoms with Gasteiger partial charge in [-0.15, -0.1) is 0 Å². The fourth-order valence-corrected chi connectivity index (χ4v) is 5.41. The number of rotatable bonds is 6. The lowest BCUT2D eigenvalue weighted by Gasteiger charge is -2.22. The molecule has 2 N–H and O–H groups in total. The highest BCUT2D eigenvalue weighted by Gasteiger charge is 2.47. The predicted molar refractivity (Wildman–Crippen MR) is 159 cm³/mol. The summed E-state index contributed by atoms with van der Waals surface area (Å²) in [6, 6.07) is 30.6. The second-order valence-electron chi connectivity index (χ2n) is 10.6. The van der Waals surface area contributed by atoms with Gasteiger partial charge >= 0.3 is 23.9 Å². The van der Waals surface area contributed by atoms with E-state index in [1.807, 2.05) is 0 Å². The Morgan fingerprint density at radius 1 is 0.522 bits per heavy atom. The Hall–Kier alpha value is -6.10. The number of aliphatic hydroxyl groups is 2. The molecule has 0 saturated carbocycles. The third-order valence-electron chi connectivity index (χ3n) is 7.74.